The molecule has 0 saturated heterocycles. The lowest BCUT2D eigenvalue weighted by atomic mass is 9.66. The first-order valence-electron chi connectivity index (χ1n) is 11.6. The second kappa shape index (κ2) is 8.36. The average Bonchev–Trinajstić information content (AvgIpc) is 3.54. The van der Waals surface area contributed by atoms with E-state index in [-0.39, 0.29) is 6.17 Å². The van der Waals surface area contributed by atoms with E-state index in [4.69, 9.17) is 10.2 Å². The van der Waals surface area contributed by atoms with Crippen molar-refractivity contribution >= 4 is 0 Å². The molecule has 0 spiro atoms. The summed E-state index contributed by atoms with van der Waals surface area (Å²) in [5, 5.41) is 10.1. The molecule has 0 fully saturated rings. The molecule has 0 unspecified atom stereocenters. The summed E-state index contributed by atoms with van der Waals surface area (Å²) in [5.74, 6) is 0. The Bertz CT molecular complexity index is 1240. The van der Waals surface area contributed by atoms with Gasteiger partial charge >= 0.3 is 0 Å². The van der Waals surface area contributed by atoms with Gasteiger partial charge in [-0.1, -0.05) is 78.9 Å². The van der Waals surface area contributed by atoms with Crippen LogP contribution in [0.15, 0.2) is 96.6 Å². The van der Waals surface area contributed by atoms with Crippen molar-refractivity contribution in [3.8, 4) is 0 Å². The SMILES string of the molecule is Cc1cc(C)n(C(n2nc(C)cc2C)C(C2=CCC=C2)(c2ccccc2)c2ccccc2)n1. The fourth-order valence-corrected chi connectivity index (χ4v) is 5.36. The molecule has 1 aliphatic carbocycles. The van der Waals surface area contributed by atoms with E-state index in [0.29, 0.717) is 0 Å². The van der Waals surface area contributed by atoms with Crippen molar-refractivity contribution in [1.82, 2.24) is 19.6 Å². The lowest BCUT2D eigenvalue weighted by Crippen LogP contribution is -2.45. The van der Waals surface area contributed by atoms with Gasteiger partial charge in [-0.2, -0.15) is 10.2 Å². The summed E-state index contributed by atoms with van der Waals surface area (Å²) in [5.41, 5.74) is 7.42. The van der Waals surface area contributed by atoms with Gasteiger partial charge in [-0.3, -0.25) is 0 Å². The molecule has 0 N–H and O–H groups in total. The molecule has 5 rings (SSSR count). The maximum absolute atomic E-state index is 5.03. The van der Waals surface area contributed by atoms with Crippen molar-refractivity contribution in [3.63, 3.8) is 0 Å². The predicted octanol–water partition coefficient (Wildman–Crippen LogP) is 6.23. The van der Waals surface area contributed by atoms with Gasteiger partial charge in [-0.15, -0.1) is 0 Å². The molecular weight excluding hydrogens is 404 g/mol. The number of hydrogen-bond acceptors (Lipinski definition) is 2. The Morgan fingerprint density at radius 2 is 1.21 bits per heavy atom. The Morgan fingerprint density at radius 1 is 0.727 bits per heavy atom. The minimum absolute atomic E-state index is 0.223. The van der Waals surface area contributed by atoms with E-state index in [1.54, 1.807) is 0 Å². The molecular formula is C29H30N4. The van der Waals surface area contributed by atoms with E-state index in [1.807, 2.05) is 0 Å². The summed E-state index contributed by atoms with van der Waals surface area (Å²) in [6.45, 7) is 8.39. The van der Waals surface area contributed by atoms with Crippen LogP contribution in [0.4, 0.5) is 0 Å². The zero-order valence-corrected chi connectivity index (χ0v) is 19.7. The zero-order chi connectivity index (χ0) is 23.0. The summed E-state index contributed by atoms with van der Waals surface area (Å²) in [4.78, 5) is 0. The third kappa shape index (κ3) is 3.46. The van der Waals surface area contributed by atoms with Crippen molar-refractivity contribution in [2.45, 2.75) is 45.7 Å². The molecule has 4 nitrogen and oxygen atoms in total. The Hall–Kier alpha value is -3.66. The normalized spacial score (nSPS) is 13.7. The quantitative estimate of drug-likeness (QED) is 0.360. The third-order valence-corrected chi connectivity index (χ3v) is 6.62. The predicted molar refractivity (Wildman–Crippen MR) is 133 cm³/mol. The van der Waals surface area contributed by atoms with Crippen LogP contribution in [0.1, 0.15) is 46.5 Å². The van der Waals surface area contributed by atoms with Crippen LogP contribution >= 0.6 is 0 Å². The number of allylic oxidation sites excluding steroid dienone is 4. The van der Waals surface area contributed by atoms with Crippen LogP contribution in [0.25, 0.3) is 0 Å². The highest BCUT2D eigenvalue weighted by Gasteiger charge is 2.48. The summed E-state index contributed by atoms with van der Waals surface area (Å²) >= 11 is 0. The van der Waals surface area contributed by atoms with Crippen LogP contribution in [-0.4, -0.2) is 19.6 Å². The molecule has 33 heavy (non-hydrogen) atoms. The largest absolute Gasteiger partial charge is 0.243 e. The van der Waals surface area contributed by atoms with Crippen LogP contribution in [0, 0.1) is 27.7 Å². The zero-order valence-electron chi connectivity index (χ0n) is 19.7. The summed E-state index contributed by atoms with van der Waals surface area (Å²) in [6, 6.07) is 26.0. The van der Waals surface area contributed by atoms with Crippen LogP contribution in [0.5, 0.6) is 0 Å². The molecule has 0 atom stereocenters. The number of nitrogens with zero attached hydrogens (tertiary/aromatic N) is 4. The second-order valence-corrected chi connectivity index (χ2v) is 8.95. The van der Waals surface area contributed by atoms with E-state index in [2.05, 4.69) is 128 Å². The van der Waals surface area contributed by atoms with Crippen molar-refractivity contribution in [1.29, 1.82) is 0 Å². The number of rotatable bonds is 6. The molecule has 4 aromatic rings. The monoisotopic (exact) mass is 434 g/mol. The lowest BCUT2D eigenvalue weighted by molar-refractivity contribution is 0.256. The number of hydrogen-bond donors (Lipinski definition) is 0. The highest BCUT2D eigenvalue weighted by molar-refractivity contribution is 5.55. The van der Waals surface area contributed by atoms with Crippen LogP contribution in [0.2, 0.25) is 0 Å². The van der Waals surface area contributed by atoms with E-state index in [1.165, 1.54) is 16.7 Å². The van der Waals surface area contributed by atoms with E-state index >= 15 is 0 Å². The fourth-order valence-electron chi connectivity index (χ4n) is 5.36. The molecule has 1 aliphatic rings. The Balaban J connectivity index is 1.95. The standard InChI is InChI=1S/C29H30N4/c1-21-19-23(3)32(30-21)28(33-24(4)20-22(2)31-33)29(27-17-11-12-18-27,25-13-7-5-8-14-25)26-15-9-6-10-16-26/h5-11,13-20,28H,12H2,1-4H3. The molecule has 0 radical (unpaired) electrons. The highest BCUT2D eigenvalue weighted by atomic mass is 15.5. The minimum atomic E-state index is -0.526. The molecule has 0 aliphatic heterocycles. The molecule has 4 heteroatoms. The summed E-state index contributed by atoms with van der Waals surface area (Å²) in [6.07, 6.45) is 7.58. The lowest BCUT2D eigenvalue weighted by Gasteiger charge is -2.43. The van der Waals surface area contributed by atoms with Gasteiger partial charge in [0.25, 0.3) is 0 Å². The van der Waals surface area contributed by atoms with Gasteiger partial charge in [0.2, 0.25) is 0 Å². The van der Waals surface area contributed by atoms with Gasteiger partial charge in [-0.25, -0.2) is 9.36 Å². The van der Waals surface area contributed by atoms with Crippen LogP contribution in [-0.2, 0) is 5.41 Å². The van der Waals surface area contributed by atoms with Crippen molar-refractivity contribution in [2.75, 3.05) is 0 Å². The van der Waals surface area contributed by atoms with E-state index in [9.17, 15) is 0 Å². The van der Waals surface area contributed by atoms with Crippen molar-refractivity contribution in [2.24, 2.45) is 0 Å². The van der Waals surface area contributed by atoms with Crippen LogP contribution in [0.3, 0.4) is 0 Å². The Labute approximate surface area is 195 Å². The second-order valence-electron chi connectivity index (χ2n) is 8.95. The first-order chi connectivity index (χ1) is 16.0. The van der Waals surface area contributed by atoms with Gasteiger partial charge in [0, 0.05) is 11.4 Å². The Kier molecular flexibility index (Phi) is 5.37. The van der Waals surface area contributed by atoms with E-state index in [0.717, 1.165) is 29.2 Å². The molecule has 0 saturated carbocycles. The van der Waals surface area contributed by atoms with Gasteiger partial charge in [0.05, 0.1) is 16.8 Å². The Morgan fingerprint density at radius 3 is 1.58 bits per heavy atom. The highest BCUT2D eigenvalue weighted by Crippen LogP contribution is 2.50. The average molecular weight is 435 g/mol. The molecule has 2 heterocycles. The maximum atomic E-state index is 5.03. The molecule has 166 valence electrons. The van der Waals surface area contributed by atoms with Gasteiger partial charge in [-0.05, 0) is 62.9 Å². The first kappa shape index (κ1) is 21.2. The molecule has 0 bridgehead atoms. The third-order valence-electron chi connectivity index (χ3n) is 6.62. The molecule has 2 aromatic carbocycles. The van der Waals surface area contributed by atoms with Gasteiger partial charge in [0.1, 0.15) is 0 Å². The number of benzene rings is 2. The van der Waals surface area contributed by atoms with Crippen molar-refractivity contribution in [3.05, 3.63) is 131 Å². The summed E-state index contributed by atoms with van der Waals surface area (Å²) < 4.78 is 4.34. The topological polar surface area (TPSA) is 35.6 Å². The maximum Gasteiger partial charge on any atom is 0.161 e. The minimum Gasteiger partial charge on any atom is -0.243 e. The fraction of sp³-hybridized carbons (Fsp3) is 0.241. The first-order valence-corrected chi connectivity index (χ1v) is 11.6. The van der Waals surface area contributed by atoms with Gasteiger partial charge < -0.3 is 0 Å². The van der Waals surface area contributed by atoms with Crippen LogP contribution < -0.4 is 0 Å². The smallest absolute Gasteiger partial charge is 0.161 e. The molecule has 0 amide bonds. The van der Waals surface area contributed by atoms with Crippen molar-refractivity contribution < 1.29 is 0 Å². The molecule has 2 aromatic heterocycles. The van der Waals surface area contributed by atoms with Gasteiger partial charge in [0.15, 0.2) is 6.17 Å². The van der Waals surface area contributed by atoms with E-state index < -0.39 is 5.41 Å². The summed E-state index contributed by atoms with van der Waals surface area (Å²) in [7, 11) is 0. The number of aryl methyl sites for hydroxylation is 4. The number of aromatic nitrogens is 4.